The highest BCUT2D eigenvalue weighted by atomic mass is 16.3. The first-order valence-corrected chi connectivity index (χ1v) is 10.1. The summed E-state index contributed by atoms with van der Waals surface area (Å²) in [6, 6.07) is 14.1. The molecular formula is C24H25N3O4. The Morgan fingerprint density at radius 2 is 1.68 bits per heavy atom. The molecule has 1 spiro atoms. The molecule has 7 heteroatoms. The van der Waals surface area contributed by atoms with Gasteiger partial charge in [0.25, 0.3) is 17.6 Å². The molecule has 7 nitrogen and oxygen atoms in total. The number of hydrogen-bond acceptors (Lipinski definition) is 5. The second-order valence-corrected chi connectivity index (χ2v) is 8.27. The molecule has 1 saturated heterocycles. The Balaban J connectivity index is 2.04. The number of benzene rings is 2. The zero-order chi connectivity index (χ0) is 22.5. The van der Waals surface area contributed by atoms with Crippen LogP contribution in [-0.4, -0.2) is 66.7 Å². The van der Waals surface area contributed by atoms with Gasteiger partial charge in [0.05, 0.1) is 5.57 Å². The molecule has 0 bridgehead atoms. The van der Waals surface area contributed by atoms with E-state index in [1.165, 1.54) is 9.80 Å². The number of fused-ring (bicyclic) bond motifs is 2. The minimum absolute atomic E-state index is 0.163. The molecule has 0 saturated carbocycles. The zero-order valence-corrected chi connectivity index (χ0v) is 18.0. The summed E-state index contributed by atoms with van der Waals surface area (Å²) in [6.45, 7) is 2.53. The van der Waals surface area contributed by atoms with Crippen LogP contribution in [0.15, 0.2) is 54.1 Å². The molecule has 0 radical (unpaired) electrons. The number of ketones is 1. The van der Waals surface area contributed by atoms with Crippen LogP contribution in [0.2, 0.25) is 0 Å². The number of likely N-dealkylation sites (tertiary alicyclic amines) is 1. The number of anilines is 1. The van der Waals surface area contributed by atoms with Gasteiger partial charge >= 0.3 is 0 Å². The molecule has 2 aromatic carbocycles. The van der Waals surface area contributed by atoms with Crippen molar-refractivity contribution in [3.8, 4) is 0 Å². The lowest BCUT2D eigenvalue weighted by molar-refractivity contribution is -0.143. The first-order chi connectivity index (χ1) is 14.7. The fraction of sp³-hybridized carbons (Fsp3) is 0.292. The van der Waals surface area contributed by atoms with Crippen molar-refractivity contribution in [1.29, 1.82) is 0 Å². The van der Waals surface area contributed by atoms with Crippen LogP contribution in [0.4, 0.5) is 5.69 Å². The summed E-state index contributed by atoms with van der Waals surface area (Å²) in [5.41, 5.74) is 0.634. The van der Waals surface area contributed by atoms with E-state index >= 15 is 0 Å². The first-order valence-electron chi connectivity index (χ1n) is 10.1. The predicted octanol–water partition coefficient (Wildman–Crippen LogP) is 2.11. The average molecular weight is 419 g/mol. The van der Waals surface area contributed by atoms with E-state index in [0.29, 0.717) is 23.4 Å². The lowest BCUT2D eigenvalue weighted by Gasteiger charge is -2.34. The van der Waals surface area contributed by atoms with Gasteiger partial charge in [-0.2, -0.15) is 0 Å². The Labute approximate surface area is 181 Å². The standard InChI is InChI=1S/C24H25N3O4/c1-15-9-11-16(12-10-15)20(28)19-21(29)22(30)27(14-13-25(2)3)24(19)17-7-5-6-8-18(17)26(4)23(24)31/h5-12,28H,13-14H2,1-4H3/t24-/m1/s1. The Morgan fingerprint density at radius 3 is 2.32 bits per heavy atom. The van der Waals surface area contributed by atoms with E-state index in [2.05, 4.69) is 0 Å². The minimum Gasteiger partial charge on any atom is -0.507 e. The maximum absolute atomic E-state index is 13.8. The minimum atomic E-state index is -1.69. The van der Waals surface area contributed by atoms with E-state index in [1.54, 1.807) is 55.6 Å². The van der Waals surface area contributed by atoms with Crippen molar-refractivity contribution >= 4 is 29.0 Å². The molecular weight excluding hydrogens is 394 g/mol. The number of likely N-dealkylation sites (N-methyl/N-ethyl adjacent to an activating group) is 2. The van der Waals surface area contributed by atoms with Gasteiger partial charge in [0.1, 0.15) is 5.76 Å². The van der Waals surface area contributed by atoms with Crippen molar-refractivity contribution in [3.05, 3.63) is 70.8 Å². The molecule has 160 valence electrons. The van der Waals surface area contributed by atoms with E-state index in [0.717, 1.165) is 5.56 Å². The third kappa shape index (κ3) is 2.88. The average Bonchev–Trinajstić information content (AvgIpc) is 3.11. The maximum Gasteiger partial charge on any atom is 0.296 e. The lowest BCUT2D eigenvalue weighted by Crippen LogP contribution is -2.52. The zero-order valence-electron chi connectivity index (χ0n) is 18.0. The number of hydrogen-bond donors (Lipinski definition) is 1. The lowest BCUT2D eigenvalue weighted by atomic mass is 9.82. The summed E-state index contributed by atoms with van der Waals surface area (Å²) in [7, 11) is 5.33. The number of rotatable bonds is 4. The Hall–Kier alpha value is -3.45. The van der Waals surface area contributed by atoms with Gasteiger partial charge in [-0.1, -0.05) is 48.0 Å². The predicted molar refractivity (Wildman–Crippen MR) is 118 cm³/mol. The molecule has 2 aliphatic heterocycles. The first kappa shape index (κ1) is 20.8. The molecule has 0 unspecified atom stereocenters. The van der Waals surface area contributed by atoms with Crippen molar-refractivity contribution in [2.45, 2.75) is 12.5 Å². The van der Waals surface area contributed by atoms with Crippen molar-refractivity contribution in [2.75, 3.05) is 39.1 Å². The summed E-state index contributed by atoms with van der Waals surface area (Å²) >= 11 is 0. The number of carbonyl (C=O) groups excluding carboxylic acids is 3. The number of Topliss-reactive ketones (excluding diaryl/α,β-unsaturated/α-hetero) is 1. The second-order valence-electron chi connectivity index (χ2n) is 8.27. The van der Waals surface area contributed by atoms with Crippen LogP contribution in [0, 0.1) is 6.92 Å². The Bertz CT molecular complexity index is 1120. The van der Waals surface area contributed by atoms with Crippen LogP contribution in [0.1, 0.15) is 16.7 Å². The quantitative estimate of drug-likeness (QED) is 0.466. The van der Waals surface area contributed by atoms with Crippen LogP contribution in [-0.2, 0) is 19.9 Å². The Kier molecular flexibility index (Phi) is 4.94. The SMILES string of the molecule is Cc1ccc(C(O)=C2C(=O)C(=O)N(CCN(C)C)[C@@]23C(=O)N(C)c2ccccc23)cc1. The monoisotopic (exact) mass is 419 g/mol. The van der Waals surface area contributed by atoms with Crippen molar-refractivity contribution < 1.29 is 19.5 Å². The number of aryl methyl sites for hydroxylation is 1. The molecule has 31 heavy (non-hydrogen) atoms. The van der Waals surface area contributed by atoms with Gasteiger partial charge in [-0.3, -0.25) is 14.4 Å². The smallest absolute Gasteiger partial charge is 0.296 e. The number of para-hydroxylation sites is 1. The van der Waals surface area contributed by atoms with Gasteiger partial charge in [-0.15, -0.1) is 0 Å². The number of aliphatic hydroxyl groups excluding tert-OH is 1. The molecule has 1 atom stereocenters. The van der Waals surface area contributed by atoms with E-state index in [-0.39, 0.29) is 17.9 Å². The fourth-order valence-corrected chi connectivity index (χ4v) is 4.43. The van der Waals surface area contributed by atoms with E-state index in [9.17, 15) is 19.5 Å². The highest BCUT2D eigenvalue weighted by molar-refractivity contribution is 6.50. The maximum atomic E-state index is 13.8. The molecule has 2 aromatic rings. The number of nitrogens with zero attached hydrogens (tertiary/aromatic N) is 3. The topological polar surface area (TPSA) is 81.2 Å². The molecule has 1 fully saturated rings. The molecule has 1 N–H and O–H groups in total. The van der Waals surface area contributed by atoms with Crippen molar-refractivity contribution in [2.24, 2.45) is 0 Å². The largest absolute Gasteiger partial charge is 0.507 e. The molecule has 2 heterocycles. The molecule has 2 amide bonds. The molecule has 2 aliphatic rings. The van der Waals surface area contributed by atoms with Crippen molar-refractivity contribution in [3.63, 3.8) is 0 Å². The van der Waals surface area contributed by atoms with Gasteiger partial charge in [0, 0.05) is 37.0 Å². The molecule has 0 aromatic heterocycles. The molecule has 4 rings (SSSR count). The third-order valence-electron chi connectivity index (χ3n) is 6.04. The fourth-order valence-electron chi connectivity index (χ4n) is 4.43. The Morgan fingerprint density at radius 1 is 1.03 bits per heavy atom. The number of carbonyl (C=O) groups is 3. The van der Waals surface area contributed by atoms with E-state index in [4.69, 9.17) is 0 Å². The van der Waals surface area contributed by atoms with E-state index < -0.39 is 23.1 Å². The summed E-state index contributed by atoms with van der Waals surface area (Å²) in [5, 5.41) is 11.2. The van der Waals surface area contributed by atoms with Crippen LogP contribution >= 0.6 is 0 Å². The summed E-state index contributed by atoms with van der Waals surface area (Å²) < 4.78 is 0. The van der Waals surface area contributed by atoms with Gasteiger partial charge in [-0.05, 0) is 27.1 Å². The number of aliphatic hydroxyl groups is 1. The van der Waals surface area contributed by atoms with Crippen LogP contribution in [0.3, 0.4) is 0 Å². The highest BCUT2D eigenvalue weighted by Gasteiger charge is 2.66. The summed E-state index contributed by atoms with van der Waals surface area (Å²) in [4.78, 5) is 44.9. The summed E-state index contributed by atoms with van der Waals surface area (Å²) in [6.07, 6.45) is 0. The van der Waals surface area contributed by atoms with Gasteiger partial charge in [0.15, 0.2) is 5.54 Å². The third-order valence-corrected chi connectivity index (χ3v) is 6.04. The summed E-state index contributed by atoms with van der Waals surface area (Å²) in [5.74, 6) is -2.41. The highest BCUT2D eigenvalue weighted by Crippen LogP contribution is 2.53. The van der Waals surface area contributed by atoms with E-state index in [1.807, 2.05) is 25.9 Å². The van der Waals surface area contributed by atoms with Gasteiger partial charge in [0.2, 0.25) is 0 Å². The van der Waals surface area contributed by atoms with Crippen molar-refractivity contribution in [1.82, 2.24) is 9.80 Å². The van der Waals surface area contributed by atoms with Gasteiger partial charge in [-0.25, -0.2) is 0 Å². The van der Waals surface area contributed by atoms with Crippen LogP contribution in [0.5, 0.6) is 0 Å². The second kappa shape index (κ2) is 7.35. The van der Waals surface area contributed by atoms with Crippen LogP contribution in [0.25, 0.3) is 5.76 Å². The normalized spacial score (nSPS) is 22.2. The van der Waals surface area contributed by atoms with Gasteiger partial charge < -0.3 is 19.8 Å². The molecule has 0 aliphatic carbocycles. The van der Waals surface area contributed by atoms with Crippen LogP contribution < -0.4 is 4.90 Å². The number of amides is 2.